The van der Waals surface area contributed by atoms with E-state index >= 15 is 0 Å². The first-order chi connectivity index (χ1) is 10.7. The van der Waals surface area contributed by atoms with Crippen LogP contribution in [0.4, 0.5) is 0 Å². The number of aromatic nitrogens is 4. The summed E-state index contributed by atoms with van der Waals surface area (Å²) in [7, 11) is 0. The molecule has 1 heterocycles. The molecule has 0 aliphatic heterocycles. The first-order valence-electron chi connectivity index (χ1n) is 7.82. The van der Waals surface area contributed by atoms with Crippen LogP contribution < -0.4 is 5.32 Å². The van der Waals surface area contributed by atoms with Gasteiger partial charge in [0.25, 0.3) is 0 Å². The van der Waals surface area contributed by atoms with E-state index in [1.807, 2.05) is 19.1 Å². The SMILES string of the molecule is CCc1ccc(-c2nnn(CC(=O)N[C@@H](C)C3CC3)n2)cc1. The third kappa shape index (κ3) is 3.50. The standard InChI is InChI=1S/C16H21N5O/c1-3-12-4-6-14(7-5-12)16-18-20-21(19-16)10-15(22)17-11(2)13-8-9-13/h4-7,11,13H,3,8-10H2,1-2H3,(H,17,22)/t11-/m0/s1. The van der Waals surface area contributed by atoms with Crippen molar-refractivity contribution in [3.05, 3.63) is 29.8 Å². The normalized spacial score (nSPS) is 15.5. The van der Waals surface area contributed by atoms with Crippen molar-refractivity contribution in [2.45, 2.75) is 45.7 Å². The fraction of sp³-hybridized carbons (Fsp3) is 0.500. The summed E-state index contributed by atoms with van der Waals surface area (Å²) < 4.78 is 0. The Balaban J connectivity index is 1.61. The molecule has 1 aromatic heterocycles. The summed E-state index contributed by atoms with van der Waals surface area (Å²) in [6.45, 7) is 4.27. The summed E-state index contributed by atoms with van der Waals surface area (Å²) in [6, 6.07) is 8.31. The highest BCUT2D eigenvalue weighted by Crippen LogP contribution is 2.32. The Morgan fingerprint density at radius 1 is 1.36 bits per heavy atom. The lowest BCUT2D eigenvalue weighted by Gasteiger charge is -2.11. The smallest absolute Gasteiger partial charge is 0.243 e. The van der Waals surface area contributed by atoms with Crippen LogP contribution in [0.5, 0.6) is 0 Å². The predicted molar refractivity (Wildman–Crippen MR) is 83.0 cm³/mol. The van der Waals surface area contributed by atoms with Crippen molar-refractivity contribution >= 4 is 5.91 Å². The van der Waals surface area contributed by atoms with Gasteiger partial charge in [0.05, 0.1) is 0 Å². The third-order valence-corrected chi connectivity index (χ3v) is 4.08. The highest BCUT2D eigenvalue weighted by atomic mass is 16.2. The molecule has 116 valence electrons. The zero-order valence-corrected chi connectivity index (χ0v) is 13.0. The summed E-state index contributed by atoms with van der Waals surface area (Å²) in [6.07, 6.45) is 3.42. The molecule has 3 rings (SSSR count). The molecule has 1 aliphatic carbocycles. The number of carbonyl (C=O) groups is 1. The molecule has 1 aromatic carbocycles. The Bertz CT molecular complexity index is 645. The molecule has 0 unspecified atom stereocenters. The van der Waals surface area contributed by atoms with Crippen LogP contribution in [0, 0.1) is 5.92 Å². The van der Waals surface area contributed by atoms with Gasteiger partial charge in [-0.3, -0.25) is 4.79 Å². The van der Waals surface area contributed by atoms with Crippen molar-refractivity contribution in [3.63, 3.8) is 0 Å². The van der Waals surface area contributed by atoms with Gasteiger partial charge in [-0.1, -0.05) is 31.2 Å². The van der Waals surface area contributed by atoms with Crippen LogP contribution in [0.1, 0.15) is 32.3 Å². The number of nitrogens with one attached hydrogen (secondary N) is 1. The van der Waals surface area contributed by atoms with Crippen LogP contribution in [-0.2, 0) is 17.8 Å². The largest absolute Gasteiger partial charge is 0.352 e. The van der Waals surface area contributed by atoms with E-state index in [-0.39, 0.29) is 18.5 Å². The maximum absolute atomic E-state index is 11.9. The second kappa shape index (κ2) is 6.25. The molecule has 6 nitrogen and oxygen atoms in total. The van der Waals surface area contributed by atoms with Crippen LogP contribution in [0.15, 0.2) is 24.3 Å². The maximum Gasteiger partial charge on any atom is 0.243 e. The second-order valence-electron chi connectivity index (χ2n) is 5.89. The van der Waals surface area contributed by atoms with E-state index in [0.717, 1.165) is 12.0 Å². The summed E-state index contributed by atoms with van der Waals surface area (Å²) >= 11 is 0. The van der Waals surface area contributed by atoms with Gasteiger partial charge < -0.3 is 5.32 Å². The second-order valence-corrected chi connectivity index (χ2v) is 5.89. The number of nitrogens with zero attached hydrogens (tertiary/aromatic N) is 4. The number of amides is 1. The summed E-state index contributed by atoms with van der Waals surface area (Å²) in [4.78, 5) is 13.3. The number of carbonyl (C=O) groups excluding carboxylic acids is 1. The van der Waals surface area contributed by atoms with E-state index in [0.29, 0.717) is 11.7 Å². The molecule has 1 amide bonds. The number of hydrogen-bond donors (Lipinski definition) is 1. The molecule has 1 saturated carbocycles. The molecule has 0 spiro atoms. The van der Waals surface area contributed by atoms with Gasteiger partial charge in [0, 0.05) is 11.6 Å². The molecule has 6 heteroatoms. The van der Waals surface area contributed by atoms with E-state index in [4.69, 9.17) is 0 Å². The Labute approximate surface area is 129 Å². The molecular weight excluding hydrogens is 278 g/mol. The molecule has 22 heavy (non-hydrogen) atoms. The molecule has 0 radical (unpaired) electrons. The average molecular weight is 299 g/mol. The zero-order chi connectivity index (χ0) is 15.5. The summed E-state index contributed by atoms with van der Waals surface area (Å²) in [5.41, 5.74) is 2.18. The molecule has 0 saturated heterocycles. The van der Waals surface area contributed by atoms with Crippen molar-refractivity contribution in [1.29, 1.82) is 0 Å². The van der Waals surface area contributed by atoms with Crippen LogP contribution in [-0.4, -0.2) is 32.2 Å². The highest BCUT2D eigenvalue weighted by molar-refractivity contribution is 5.75. The fourth-order valence-electron chi connectivity index (χ4n) is 2.46. The zero-order valence-electron chi connectivity index (χ0n) is 13.0. The summed E-state index contributed by atoms with van der Waals surface area (Å²) in [5, 5.41) is 15.2. The topological polar surface area (TPSA) is 72.7 Å². The lowest BCUT2D eigenvalue weighted by atomic mass is 10.1. The monoisotopic (exact) mass is 299 g/mol. The molecule has 1 N–H and O–H groups in total. The van der Waals surface area contributed by atoms with Crippen LogP contribution >= 0.6 is 0 Å². The number of benzene rings is 1. The van der Waals surface area contributed by atoms with Gasteiger partial charge in [0.15, 0.2) is 0 Å². The van der Waals surface area contributed by atoms with E-state index in [2.05, 4.69) is 39.8 Å². The first-order valence-corrected chi connectivity index (χ1v) is 7.82. The van der Waals surface area contributed by atoms with E-state index in [1.165, 1.54) is 23.2 Å². The lowest BCUT2D eigenvalue weighted by Crippen LogP contribution is -2.36. The highest BCUT2D eigenvalue weighted by Gasteiger charge is 2.28. The van der Waals surface area contributed by atoms with Gasteiger partial charge in [-0.05, 0) is 42.9 Å². The van der Waals surface area contributed by atoms with E-state index in [1.54, 1.807) is 0 Å². The maximum atomic E-state index is 11.9. The summed E-state index contributed by atoms with van der Waals surface area (Å²) in [5.74, 6) is 1.12. The quantitative estimate of drug-likeness (QED) is 0.883. The van der Waals surface area contributed by atoms with Gasteiger partial charge >= 0.3 is 0 Å². The van der Waals surface area contributed by atoms with Gasteiger partial charge in [-0.15, -0.1) is 10.2 Å². The average Bonchev–Trinajstić information content (AvgIpc) is 3.28. The number of rotatable bonds is 6. The molecule has 2 aromatic rings. The van der Waals surface area contributed by atoms with Crippen LogP contribution in [0.3, 0.4) is 0 Å². The van der Waals surface area contributed by atoms with Crippen molar-refractivity contribution in [2.24, 2.45) is 5.92 Å². The van der Waals surface area contributed by atoms with Gasteiger partial charge in [-0.2, -0.15) is 4.80 Å². The van der Waals surface area contributed by atoms with Crippen molar-refractivity contribution < 1.29 is 4.79 Å². The fourth-order valence-corrected chi connectivity index (χ4v) is 2.46. The van der Waals surface area contributed by atoms with Crippen molar-refractivity contribution in [3.8, 4) is 11.4 Å². The van der Waals surface area contributed by atoms with Gasteiger partial charge in [-0.25, -0.2) is 0 Å². The third-order valence-electron chi connectivity index (χ3n) is 4.08. The van der Waals surface area contributed by atoms with E-state index < -0.39 is 0 Å². The Kier molecular flexibility index (Phi) is 4.18. The van der Waals surface area contributed by atoms with Crippen LogP contribution in [0.25, 0.3) is 11.4 Å². The van der Waals surface area contributed by atoms with Crippen LogP contribution in [0.2, 0.25) is 0 Å². The van der Waals surface area contributed by atoms with Crippen molar-refractivity contribution in [1.82, 2.24) is 25.5 Å². The minimum Gasteiger partial charge on any atom is -0.352 e. The predicted octanol–water partition coefficient (Wildman–Crippen LogP) is 1.82. The molecular formula is C16H21N5O. The number of tetrazole rings is 1. The first kappa shape index (κ1) is 14.7. The molecule has 1 fully saturated rings. The molecule has 0 bridgehead atoms. The number of hydrogen-bond acceptors (Lipinski definition) is 4. The minimum absolute atomic E-state index is 0.0651. The van der Waals surface area contributed by atoms with E-state index in [9.17, 15) is 4.79 Å². The van der Waals surface area contributed by atoms with Gasteiger partial charge in [0.2, 0.25) is 11.7 Å². The Morgan fingerprint density at radius 3 is 2.73 bits per heavy atom. The van der Waals surface area contributed by atoms with Crippen molar-refractivity contribution in [2.75, 3.05) is 0 Å². The molecule has 1 atom stereocenters. The minimum atomic E-state index is -0.0651. The lowest BCUT2D eigenvalue weighted by molar-refractivity contribution is -0.122. The Hall–Kier alpha value is -2.24. The Morgan fingerprint density at radius 2 is 2.09 bits per heavy atom. The number of aryl methyl sites for hydroxylation is 1. The molecule has 1 aliphatic rings. The van der Waals surface area contributed by atoms with Gasteiger partial charge in [0.1, 0.15) is 6.54 Å².